The minimum absolute atomic E-state index is 0.0670. The SMILES string of the molecule is C=C/C=C(\S)C(=O)N1CCN(C2=C(C(=O)OCC)C(=O)N(CCc3ccccc3)C3CCCCC23)CC1. The van der Waals surface area contributed by atoms with Crippen molar-refractivity contribution in [2.75, 3.05) is 39.3 Å². The molecule has 2 aliphatic heterocycles. The van der Waals surface area contributed by atoms with Crippen molar-refractivity contribution in [1.82, 2.24) is 14.7 Å². The molecule has 0 bridgehead atoms. The summed E-state index contributed by atoms with van der Waals surface area (Å²) in [7, 11) is 0. The van der Waals surface area contributed by atoms with Crippen LogP contribution in [0.4, 0.5) is 0 Å². The zero-order chi connectivity index (χ0) is 26.4. The van der Waals surface area contributed by atoms with Gasteiger partial charge >= 0.3 is 5.97 Å². The van der Waals surface area contributed by atoms with Crippen molar-refractivity contribution < 1.29 is 19.1 Å². The van der Waals surface area contributed by atoms with E-state index in [9.17, 15) is 14.4 Å². The van der Waals surface area contributed by atoms with Crippen molar-refractivity contribution in [3.63, 3.8) is 0 Å². The van der Waals surface area contributed by atoms with E-state index >= 15 is 0 Å². The lowest BCUT2D eigenvalue weighted by Gasteiger charge is -2.49. The number of hydrogen-bond acceptors (Lipinski definition) is 6. The van der Waals surface area contributed by atoms with Crippen molar-refractivity contribution in [2.45, 2.75) is 45.1 Å². The summed E-state index contributed by atoms with van der Waals surface area (Å²) in [6, 6.07) is 10.2. The number of benzene rings is 1. The van der Waals surface area contributed by atoms with Crippen LogP contribution < -0.4 is 0 Å². The van der Waals surface area contributed by atoms with Gasteiger partial charge in [0.2, 0.25) is 0 Å². The van der Waals surface area contributed by atoms with Crippen LogP contribution in [-0.4, -0.2) is 77.9 Å². The van der Waals surface area contributed by atoms with Crippen LogP contribution in [-0.2, 0) is 25.5 Å². The molecule has 0 aromatic heterocycles. The van der Waals surface area contributed by atoms with Crippen molar-refractivity contribution in [2.24, 2.45) is 5.92 Å². The third-order valence-electron chi connectivity index (χ3n) is 7.58. The third-order valence-corrected chi connectivity index (χ3v) is 7.92. The lowest BCUT2D eigenvalue weighted by Crippen LogP contribution is -2.57. The van der Waals surface area contributed by atoms with Gasteiger partial charge in [-0.05, 0) is 37.8 Å². The Bertz CT molecular complexity index is 1080. The van der Waals surface area contributed by atoms with Gasteiger partial charge in [0.05, 0.1) is 11.5 Å². The van der Waals surface area contributed by atoms with Crippen molar-refractivity contribution in [3.8, 4) is 0 Å². The Morgan fingerprint density at radius 2 is 1.81 bits per heavy atom. The first-order valence-electron chi connectivity index (χ1n) is 13.3. The maximum atomic E-state index is 14.0. The predicted molar refractivity (Wildman–Crippen MR) is 147 cm³/mol. The fourth-order valence-corrected chi connectivity index (χ4v) is 6.08. The number of carbonyl (C=O) groups is 3. The smallest absolute Gasteiger partial charge is 0.345 e. The molecule has 3 aliphatic rings. The maximum absolute atomic E-state index is 14.0. The van der Waals surface area contributed by atoms with Gasteiger partial charge in [-0.25, -0.2) is 4.79 Å². The van der Waals surface area contributed by atoms with Crippen LogP contribution in [0.1, 0.15) is 38.2 Å². The molecule has 198 valence electrons. The number of thiol groups is 1. The summed E-state index contributed by atoms with van der Waals surface area (Å²) in [6.45, 7) is 8.28. The molecule has 0 spiro atoms. The van der Waals surface area contributed by atoms with Gasteiger partial charge in [0.1, 0.15) is 5.57 Å². The zero-order valence-electron chi connectivity index (χ0n) is 21.6. The molecule has 2 amide bonds. The Morgan fingerprint density at radius 3 is 2.49 bits per heavy atom. The fourth-order valence-electron chi connectivity index (χ4n) is 5.84. The van der Waals surface area contributed by atoms with Crippen LogP contribution in [0.3, 0.4) is 0 Å². The van der Waals surface area contributed by atoms with Crippen molar-refractivity contribution in [3.05, 3.63) is 70.8 Å². The highest BCUT2D eigenvalue weighted by Gasteiger charge is 2.47. The first-order valence-corrected chi connectivity index (χ1v) is 13.7. The minimum Gasteiger partial charge on any atom is -0.462 e. The van der Waals surface area contributed by atoms with Gasteiger partial charge in [0.25, 0.3) is 11.8 Å². The molecular formula is C29H37N3O4S. The van der Waals surface area contributed by atoms with Gasteiger partial charge in [-0.15, -0.1) is 12.6 Å². The van der Waals surface area contributed by atoms with E-state index in [1.807, 2.05) is 23.1 Å². The van der Waals surface area contributed by atoms with Crippen LogP contribution in [0.25, 0.3) is 0 Å². The second-order valence-corrected chi connectivity index (χ2v) is 10.2. The van der Waals surface area contributed by atoms with E-state index in [1.165, 1.54) is 5.56 Å². The van der Waals surface area contributed by atoms with Crippen LogP contribution in [0.2, 0.25) is 0 Å². The predicted octanol–water partition coefficient (Wildman–Crippen LogP) is 3.59. The third kappa shape index (κ3) is 5.95. The number of rotatable bonds is 8. The standard InChI is InChI=1S/C29H37N3O4S/c1-3-10-24(37)27(33)31-19-17-30(18-20-31)26-22-13-8-9-14-23(22)32(16-15-21-11-6-5-7-12-21)28(34)25(26)29(35)36-4-2/h3,5-7,10-12,22-23,37H,1,4,8-9,13-20H2,2H3/b24-10-. The van der Waals surface area contributed by atoms with Crippen molar-refractivity contribution >= 4 is 30.4 Å². The number of piperazine rings is 1. The second kappa shape index (κ2) is 12.5. The Hall–Kier alpha value is -3.00. The van der Waals surface area contributed by atoms with Crippen molar-refractivity contribution in [1.29, 1.82) is 0 Å². The average molecular weight is 524 g/mol. The number of hydrogen-bond donors (Lipinski definition) is 1. The van der Waals surface area contributed by atoms with Crippen LogP contribution in [0.5, 0.6) is 0 Å². The number of carbonyl (C=O) groups excluding carboxylic acids is 3. The molecule has 1 aromatic rings. The van der Waals surface area contributed by atoms with Crippen LogP contribution in [0.15, 0.2) is 65.2 Å². The number of esters is 1. The Kier molecular flexibility index (Phi) is 9.14. The highest BCUT2D eigenvalue weighted by Crippen LogP contribution is 2.41. The van der Waals surface area contributed by atoms with Gasteiger partial charge in [-0.1, -0.05) is 55.8 Å². The minimum atomic E-state index is -0.540. The molecule has 1 aliphatic carbocycles. The average Bonchev–Trinajstić information content (AvgIpc) is 2.92. The molecule has 4 rings (SSSR count). The molecular weight excluding hydrogens is 486 g/mol. The van der Waals surface area contributed by atoms with Gasteiger partial charge in [0.15, 0.2) is 0 Å². The summed E-state index contributed by atoms with van der Waals surface area (Å²) in [5.41, 5.74) is 2.17. The molecule has 0 radical (unpaired) electrons. The molecule has 2 atom stereocenters. The number of nitrogens with zero attached hydrogens (tertiary/aromatic N) is 3. The number of ether oxygens (including phenoxy) is 1. The molecule has 2 unspecified atom stereocenters. The molecule has 37 heavy (non-hydrogen) atoms. The number of fused-ring (bicyclic) bond motifs is 1. The topological polar surface area (TPSA) is 70.2 Å². The van der Waals surface area contributed by atoms with Crippen LogP contribution >= 0.6 is 12.6 Å². The highest BCUT2D eigenvalue weighted by molar-refractivity contribution is 7.85. The first-order chi connectivity index (χ1) is 18.0. The van der Waals surface area contributed by atoms with E-state index in [0.29, 0.717) is 37.6 Å². The van der Waals surface area contributed by atoms with E-state index in [-0.39, 0.29) is 36.0 Å². The largest absolute Gasteiger partial charge is 0.462 e. The van der Waals surface area contributed by atoms with E-state index in [4.69, 9.17) is 4.74 Å². The molecule has 0 N–H and O–H groups in total. The summed E-state index contributed by atoms with van der Waals surface area (Å²) in [4.78, 5) is 46.1. The highest BCUT2D eigenvalue weighted by atomic mass is 32.1. The monoisotopic (exact) mass is 523 g/mol. The zero-order valence-corrected chi connectivity index (χ0v) is 22.5. The lowest BCUT2D eigenvalue weighted by molar-refractivity contribution is -0.145. The van der Waals surface area contributed by atoms with Gasteiger partial charge in [-0.2, -0.15) is 0 Å². The van der Waals surface area contributed by atoms with E-state index in [1.54, 1.807) is 24.0 Å². The lowest BCUT2D eigenvalue weighted by atomic mass is 9.76. The van der Waals surface area contributed by atoms with E-state index in [2.05, 4.69) is 36.2 Å². The Balaban J connectivity index is 1.62. The normalized spacial score (nSPS) is 22.6. The fraction of sp³-hybridized carbons (Fsp3) is 0.483. The van der Waals surface area contributed by atoms with Gasteiger partial charge in [0, 0.05) is 50.4 Å². The first kappa shape index (κ1) is 27.0. The molecule has 1 saturated carbocycles. The molecule has 2 heterocycles. The van der Waals surface area contributed by atoms with E-state index in [0.717, 1.165) is 37.8 Å². The van der Waals surface area contributed by atoms with Gasteiger partial charge < -0.3 is 19.4 Å². The molecule has 1 aromatic carbocycles. The molecule has 2 fully saturated rings. The summed E-state index contributed by atoms with van der Waals surface area (Å²) in [6.07, 6.45) is 7.88. The molecule has 8 heteroatoms. The summed E-state index contributed by atoms with van der Waals surface area (Å²) in [5, 5.41) is 0. The molecule has 1 saturated heterocycles. The Labute approximate surface area is 225 Å². The summed E-state index contributed by atoms with van der Waals surface area (Å²) in [5.74, 6) is -0.811. The van der Waals surface area contributed by atoms with E-state index < -0.39 is 5.97 Å². The summed E-state index contributed by atoms with van der Waals surface area (Å²) >= 11 is 4.30. The number of amides is 2. The van der Waals surface area contributed by atoms with Gasteiger partial charge in [-0.3, -0.25) is 9.59 Å². The van der Waals surface area contributed by atoms with Crippen LogP contribution in [0, 0.1) is 5.92 Å². The quantitative estimate of drug-likeness (QED) is 0.185. The Morgan fingerprint density at radius 1 is 1.11 bits per heavy atom. The maximum Gasteiger partial charge on any atom is 0.345 e. The second-order valence-electron chi connectivity index (χ2n) is 9.74. The number of allylic oxidation sites excluding steroid dienone is 2. The summed E-state index contributed by atoms with van der Waals surface area (Å²) < 4.78 is 5.42. The molecule has 7 nitrogen and oxygen atoms in total.